The second-order valence-corrected chi connectivity index (χ2v) is 4.96. The molecule has 0 fully saturated rings. The van der Waals surface area contributed by atoms with Gasteiger partial charge in [-0.25, -0.2) is 0 Å². The van der Waals surface area contributed by atoms with Crippen molar-refractivity contribution in [2.45, 2.75) is 24.7 Å². The molecule has 0 saturated heterocycles. The van der Waals surface area contributed by atoms with Crippen molar-refractivity contribution in [3.05, 3.63) is 41.2 Å². The van der Waals surface area contributed by atoms with E-state index in [0.717, 1.165) is 42.8 Å². The molecule has 0 radical (unpaired) electrons. The molecule has 0 unspecified atom stereocenters. The topological polar surface area (TPSA) is 39.9 Å². The first kappa shape index (κ1) is 11.7. The van der Waals surface area contributed by atoms with Gasteiger partial charge in [0, 0.05) is 24.5 Å². The fourth-order valence-electron chi connectivity index (χ4n) is 2.15. The molecule has 94 valence electrons. The number of halogens is 1. The van der Waals surface area contributed by atoms with Crippen molar-refractivity contribution in [1.29, 1.82) is 0 Å². The number of fused-ring (bicyclic) bond motifs is 1. The third kappa shape index (κ3) is 2.41. The van der Waals surface area contributed by atoms with Gasteiger partial charge >= 0.3 is 0 Å². The lowest BCUT2D eigenvalue weighted by Gasteiger charge is -2.04. The van der Waals surface area contributed by atoms with Crippen LogP contribution in [0.4, 0.5) is 0 Å². The SMILES string of the molecule is BrCc1cn(CCc2ccc3c(c2)CCO3)nn1. The minimum Gasteiger partial charge on any atom is -0.493 e. The number of ether oxygens (including phenoxy) is 1. The van der Waals surface area contributed by atoms with Crippen LogP contribution in [0, 0.1) is 0 Å². The molecule has 0 atom stereocenters. The van der Waals surface area contributed by atoms with E-state index in [9.17, 15) is 0 Å². The first-order valence-electron chi connectivity index (χ1n) is 6.05. The van der Waals surface area contributed by atoms with Gasteiger partial charge < -0.3 is 4.74 Å². The summed E-state index contributed by atoms with van der Waals surface area (Å²) in [5.74, 6) is 1.04. The molecule has 1 aliphatic heterocycles. The maximum absolute atomic E-state index is 5.50. The predicted octanol–water partition coefficient (Wildman–Crippen LogP) is 2.35. The van der Waals surface area contributed by atoms with E-state index in [2.05, 4.69) is 44.4 Å². The van der Waals surface area contributed by atoms with Gasteiger partial charge in [0.2, 0.25) is 0 Å². The number of aryl methyl sites for hydroxylation is 2. The van der Waals surface area contributed by atoms with Gasteiger partial charge in [-0.1, -0.05) is 33.3 Å². The monoisotopic (exact) mass is 307 g/mol. The zero-order valence-electron chi connectivity index (χ0n) is 9.97. The van der Waals surface area contributed by atoms with Gasteiger partial charge in [-0.15, -0.1) is 5.10 Å². The van der Waals surface area contributed by atoms with Crippen molar-refractivity contribution in [3.63, 3.8) is 0 Å². The van der Waals surface area contributed by atoms with E-state index >= 15 is 0 Å². The van der Waals surface area contributed by atoms with Gasteiger partial charge in [0.05, 0.1) is 12.3 Å². The maximum Gasteiger partial charge on any atom is 0.122 e. The number of hydrogen-bond donors (Lipinski definition) is 0. The Morgan fingerprint density at radius 2 is 2.33 bits per heavy atom. The molecule has 1 aromatic heterocycles. The Kier molecular flexibility index (Phi) is 3.32. The highest BCUT2D eigenvalue weighted by molar-refractivity contribution is 9.08. The van der Waals surface area contributed by atoms with E-state index < -0.39 is 0 Å². The minimum absolute atomic E-state index is 0.753. The molecular formula is C13H14BrN3O. The van der Waals surface area contributed by atoms with E-state index in [1.165, 1.54) is 11.1 Å². The van der Waals surface area contributed by atoms with Crippen LogP contribution in [0.25, 0.3) is 0 Å². The van der Waals surface area contributed by atoms with Crippen molar-refractivity contribution in [2.75, 3.05) is 6.61 Å². The lowest BCUT2D eigenvalue weighted by atomic mass is 10.1. The van der Waals surface area contributed by atoms with Crippen molar-refractivity contribution < 1.29 is 4.74 Å². The number of benzene rings is 1. The molecule has 0 N–H and O–H groups in total. The van der Waals surface area contributed by atoms with Crippen LogP contribution in [0.2, 0.25) is 0 Å². The first-order chi connectivity index (χ1) is 8.85. The van der Waals surface area contributed by atoms with E-state index in [1.54, 1.807) is 0 Å². The van der Waals surface area contributed by atoms with Crippen molar-refractivity contribution in [2.24, 2.45) is 0 Å². The van der Waals surface area contributed by atoms with Crippen molar-refractivity contribution in [3.8, 4) is 5.75 Å². The molecule has 1 aromatic carbocycles. The number of hydrogen-bond acceptors (Lipinski definition) is 3. The van der Waals surface area contributed by atoms with Gasteiger partial charge in [-0.3, -0.25) is 4.68 Å². The molecule has 2 aromatic rings. The second-order valence-electron chi connectivity index (χ2n) is 4.40. The Bertz CT molecular complexity index is 553. The summed E-state index contributed by atoms with van der Waals surface area (Å²) in [6.45, 7) is 1.68. The van der Waals surface area contributed by atoms with Crippen LogP contribution < -0.4 is 4.74 Å². The highest BCUT2D eigenvalue weighted by Crippen LogP contribution is 2.26. The summed E-state index contributed by atoms with van der Waals surface area (Å²) in [5, 5.41) is 8.89. The van der Waals surface area contributed by atoms with E-state index in [0.29, 0.717) is 0 Å². The average Bonchev–Trinajstić information content (AvgIpc) is 3.04. The van der Waals surface area contributed by atoms with E-state index in [1.807, 2.05) is 10.9 Å². The molecule has 3 rings (SSSR count). The number of nitrogens with zero attached hydrogens (tertiary/aromatic N) is 3. The van der Waals surface area contributed by atoms with Crippen LogP contribution in [-0.2, 0) is 24.7 Å². The quantitative estimate of drug-likeness (QED) is 0.814. The van der Waals surface area contributed by atoms with Crippen molar-refractivity contribution >= 4 is 15.9 Å². The Balaban J connectivity index is 1.66. The largest absolute Gasteiger partial charge is 0.493 e. The smallest absolute Gasteiger partial charge is 0.122 e. The lowest BCUT2D eigenvalue weighted by molar-refractivity contribution is 0.357. The third-order valence-electron chi connectivity index (χ3n) is 3.11. The van der Waals surface area contributed by atoms with Gasteiger partial charge in [0.25, 0.3) is 0 Å². The number of aromatic nitrogens is 3. The Morgan fingerprint density at radius 1 is 1.39 bits per heavy atom. The molecular weight excluding hydrogens is 294 g/mol. The minimum atomic E-state index is 0.753. The zero-order valence-corrected chi connectivity index (χ0v) is 11.6. The molecule has 18 heavy (non-hydrogen) atoms. The zero-order chi connectivity index (χ0) is 12.4. The first-order valence-corrected chi connectivity index (χ1v) is 7.17. The fourth-order valence-corrected chi connectivity index (χ4v) is 2.41. The summed E-state index contributed by atoms with van der Waals surface area (Å²) in [4.78, 5) is 0. The molecule has 4 nitrogen and oxygen atoms in total. The van der Waals surface area contributed by atoms with Crippen LogP contribution >= 0.6 is 15.9 Å². The van der Waals surface area contributed by atoms with Crippen LogP contribution in [-0.4, -0.2) is 21.6 Å². The van der Waals surface area contributed by atoms with E-state index in [4.69, 9.17) is 4.74 Å². The van der Waals surface area contributed by atoms with Crippen molar-refractivity contribution in [1.82, 2.24) is 15.0 Å². The molecule has 0 spiro atoms. The molecule has 0 saturated carbocycles. The Labute approximate surface area is 114 Å². The average molecular weight is 308 g/mol. The number of alkyl halides is 1. The van der Waals surface area contributed by atoms with Crippen LogP contribution in [0.3, 0.4) is 0 Å². The van der Waals surface area contributed by atoms with Gasteiger partial charge in [-0.05, 0) is 23.6 Å². The summed E-state index contributed by atoms with van der Waals surface area (Å²) >= 11 is 3.37. The third-order valence-corrected chi connectivity index (χ3v) is 3.68. The van der Waals surface area contributed by atoms with Crippen LogP contribution in [0.1, 0.15) is 16.8 Å². The fraction of sp³-hybridized carbons (Fsp3) is 0.385. The summed E-state index contributed by atoms with van der Waals surface area (Å²) < 4.78 is 7.39. The molecule has 2 heterocycles. The summed E-state index contributed by atoms with van der Waals surface area (Å²) in [5.41, 5.74) is 3.62. The van der Waals surface area contributed by atoms with Gasteiger partial charge in [-0.2, -0.15) is 0 Å². The van der Waals surface area contributed by atoms with Crippen LogP contribution in [0.15, 0.2) is 24.4 Å². The molecule has 5 heteroatoms. The van der Waals surface area contributed by atoms with Gasteiger partial charge in [0.15, 0.2) is 0 Å². The maximum atomic E-state index is 5.50. The van der Waals surface area contributed by atoms with Gasteiger partial charge in [0.1, 0.15) is 5.75 Å². The van der Waals surface area contributed by atoms with E-state index in [-0.39, 0.29) is 0 Å². The van der Waals surface area contributed by atoms with Crippen LogP contribution in [0.5, 0.6) is 5.75 Å². The molecule has 1 aliphatic rings. The summed E-state index contributed by atoms with van der Waals surface area (Å²) in [6.07, 6.45) is 3.98. The normalized spacial score (nSPS) is 13.4. The summed E-state index contributed by atoms with van der Waals surface area (Å²) in [7, 11) is 0. The molecule has 0 amide bonds. The standard InChI is InChI=1S/C13H14BrN3O/c14-8-12-9-17(16-15-12)5-3-10-1-2-13-11(7-10)4-6-18-13/h1-2,7,9H,3-6,8H2. The number of rotatable bonds is 4. The second kappa shape index (κ2) is 5.10. The predicted molar refractivity (Wildman–Crippen MR) is 72.0 cm³/mol. The highest BCUT2D eigenvalue weighted by atomic mass is 79.9. The Hall–Kier alpha value is -1.36. The summed E-state index contributed by atoms with van der Waals surface area (Å²) in [6, 6.07) is 6.44. The Morgan fingerprint density at radius 3 is 3.17 bits per heavy atom. The lowest BCUT2D eigenvalue weighted by Crippen LogP contribution is -2.02. The highest BCUT2D eigenvalue weighted by Gasteiger charge is 2.11. The molecule has 0 bridgehead atoms. The molecule has 0 aliphatic carbocycles.